The van der Waals surface area contributed by atoms with E-state index in [9.17, 15) is 8.42 Å². The number of rotatable bonds is 6. The summed E-state index contributed by atoms with van der Waals surface area (Å²) < 4.78 is 27.0. The number of aryl methyl sites for hydroxylation is 1. The van der Waals surface area contributed by atoms with Crippen LogP contribution in [0.5, 0.6) is 0 Å². The van der Waals surface area contributed by atoms with Gasteiger partial charge in [-0.15, -0.1) is 10.2 Å². The highest BCUT2D eigenvalue weighted by Crippen LogP contribution is 2.21. The van der Waals surface area contributed by atoms with E-state index in [-0.39, 0.29) is 10.7 Å². The lowest BCUT2D eigenvalue weighted by Crippen LogP contribution is -2.15. The van der Waals surface area contributed by atoms with Gasteiger partial charge in [0.2, 0.25) is 0 Å². The molecule has 6 nitrogen and oxygen atoms in total. The molecule has 1 aromatic carbocycles. The van der Waals surface area contributed by atoms with Crippen LogP contribution in [0.3, 0.4) is 0 Å². The number of hydrogen-bond donors (Lipinski definition) is 2. The van der Waals surface area contributed by atoms with Gasteiger partial charge in [-0.3, -0.25) is 4.72 Å². The largest absolute Gasteiger partial charge is 0.369 e. The van der Waals surface area contributed by atoms with Gasteiger partial charge in [0.25, 0.3) is 10.0 Å². The summed E-state index contributed by atoms with van der Waals surface area (Å²) in [6.45, 7) is 4.57. The van der Waals surface area contributed by atoms with Crippen LogP contribution in [-0.4, -0.2) is 25.2 Å². The molecule has 0 unspecified atom stereocenters. The number of nitrogens with zero attached hydrogens (tertiary/aromatic N) is 2. The molecule has 2 aromatic rings. The summed E-state index contributed by atoms with van der Waals surface area (Å²) in [6, 6.07) is 7.74. The van der Waals surface area contributed by atoms with Crippen molar-refractivity contribution in [1.82, 2.24) is 10.2 Å². The summed E-state index contributed by atoms with van der Waals surface area (Å²) in [5.74, 6) is 0.766. The Morgan fingerprint density at radius 1 is 1.14 bits per heavy atom. The zero-order chi connectivity index (χ0) is 16.2. The van der Waals surface area contributed by atoms with Crippen molar-refractivity contribution in [3.05, 3.63) is 40.9 Å². The van der Waals surface area contributed by atoms with Gasteiger partial charge in [-0.2, -0.15) is 0 Å². The molecule has 0 saturated carbocycles. The van der Waals surface area contributed by atoms with Crippen molar-refractivity contribution in [2.24, 2.45) is 0 Å². The van der Waals surface area contributed by atoms with Gasteiger partial charge in [0.1, 0.15) is 5.82 Å². The van der Waals surface area contributed by atoms with Crippen molar-refractivity contribution < 1.29 is 8.42 Å². The van der Waals surface area contributed by atoms with Crippen LogP contribution in [-0.2, 0) is 10.0 Å². The van der Waals surface area contributed by atoms with Gasteiger partial charge >= 0.3 is 0 Å². The Bertz CT molecular complexity index is 748. The summed E-state index contributed by atoms with van der Waals surface area (Å²) in [7, 11) is -3.71. The maximum atomic E-state index is 12.3. The molecule has 8 heteroatoms. The SMILES string of the molecule is CCCNc1ccc(NS(=O)(=O)c2ccc(Cl)c(C)c2)nn1. The summed E-state index contributed by atoms with van der Waals surface area (Å²) in [4.78, 5) is 0.129. The molecular formula is C14H17ClN4O2S. The van der Waals surface area contributed by atoms with Crippen molar-refractivity contribution in [3.63, 3.8) is 0 Å². The second kappa shape index (κ2) is 6.93. The van der Waals surface area contributed by atoms with E-state index in [1.807, 2.05) is 6.92 Å². The van der Waals surface area contributed by atoms with Gasteiger partial charge in [-0.1, -0.05) is 18.5 Å². The molecule has 2 N–H and O–H groups in total. The van der Waals surface area contributed by atoms with E-state index in [0.717, 1.165) is 13.0 Å². The Hall–Kier alpha value is -1.86. The molecule has 0 fully saturated rings. The van der Waals surface area contributed by atoms with Crippen LogP contribution in [0.2, 0.25) is 5.02 Å². The predicted octanol–water partition coefficient (Wildman–Crippen LogP) is 3.06. The molecule has 1 aromatic heterocycles. The predicted molar refractivity (Wildman–Crippen MR) is 87.8 cm³/mol. The smallest absolute Gasteiger partial charge is 0.263 e. The number of sulfonamides is 1. The Balaban J connectivity index is 2.16. The van der Waals surface area contributed by atoms with Crippen molar-refractivity contribution in [1.29, 1.82) is 0 Å². The fourth-order valence-electron chi connectivity index (χ4n) is 1.71. The summed E-state index contributed by atoms with van der Waals surface area (Å²) >= 11 is 5.91. The molecule has 0 atom stereocenters. The van der Waals surface area contributed by atoms with E-state index >= 15 is 0 Å². The topological polar surface area (TPSA) is 84.0 Å². The van der Waals surface area contributed by atoms with E-state index in [1.54, 1.807) is 25.1 Å². The van der Waals surface area contributed by atoms with E-state index in [4.69, 9.17) is 11.6 Å². The van der Waals surface area contributed by atoms with Crippen LogP contribution >= 0.6 is 11.6 Å². The van der Waals surface area contributed by atoms with Crippen molar-refractivity contribution >= 4 is 33.3 Å². The number of aromatic nitrogens is 2. The van der Waals surface area contributed by atoms with Crippen LogP contribution in [0.15, 0.2) is 35.2 Å². The van der Waals surface area contributed by atoms with Gasteiger partial charge in [0.15, 0.2) is 5.82 Å². The quantitative estimate of drug-likeness (QED) is 0.844. The van der Waals surface area contributed by atoms with E-state index in [2.05, 4.69) is 20.2 Å². The Morgan fingerprint density at radius 2 is 1.82 bits per heavy atom. The zero-order valence-corrected chi connectivity index (χ0v) is 13.9. The normalized spacial score (nSPS) is 11.2. The van der Waals surface area contributed by atoms with Gasteiger partial charge in [-0.05, 0) is 49.2 Å². The maximum Gasteiger partial charge on any atom is 0.263 e. The molecule has 0 aliphatic rings. The minimum atomic E-state index is -3.71. The first-order valence-corrected chi connectivity index (χ1v) is 8.65. The van der Waals surface area contributed by atoms with Crippen molar-refractivity contribution in [2.45, 2.75) is 25.2 Å². The molecule has 1 heterocycles. The molecular weight excluding hydrogens is 324 g/mol. The Kier molecular flexibility index (Phi) is 5.20. The summed E-state index contributed by atoms with van der Waals surface area (Å²) in [5, 5.41) is 11.4. The highest BCUT2D eigenvalue weighted by atomic mass is 35.5. The lowest BCUT2D eigenvalue weighted by atomic mass is 10.2. The average Bonchev–Trinajstić information content (AvgIpc) is 2.49. The number of nitrogens with one attached hydrogen (secondary N) is 2. The number of halogens is 1. The molecule has 0 saturated heterocycles. The fraction of sp³-hybridized carbons (Fsp3) is 0.286. The molecule has 118 valence electrons. The van der Waals surface area contributed by atoms with E-state index < -0.39 is 10.0 Å². The fourth-order valence-corrected chi connectivity index (χ4v) is 2.91. The van der Waals surface area contributed by atoms with E-state index in [0.29, 0.717) is 16.4 Å². The summed E-state index contributed by atoms with van der Waals surface area (Å²) in [6.07, 6.45) is 0.964. The second-order valence-corrected chi connectivity index (χ2v) is 6.84. The monoisotopic (exact) mass is 340 g/mol. The molecule has 0 amide bonds. The maximum absolute atomic E-state index is 12.3. The Morgan fingerprint density at radius 3 is 2.41 bits per heavy atom. The lowest BCUT2D eigenvalue weighted by molar-refractivity contribution is 0.601. The number of anilines is 2. The average molecular weight is 341 g/mol. The van der Waals surface area contributed by atoms with Crippen LogP contribution in [0.25, 0.3) is 0 Å². The van der Waals surface area contributed by atoms with Gasteiger partial charge in [-0.25, -0.2) is 8.42 Å². The van der Waals surface area contributed by atoms with E-state index in [1.165, 1.54) is 12.1 Å². The third-order valence-electron chi connectivity index (χ3n) is 2.90. The summed E-state index contributed by atoms with van der Waals surface area (Å²) in [5.41, 5.74) is 0.690. The van der Waals surface area contributed by atoms with Crippen LogP contribution in [0.1, 0.15) is 18.9 Å². The zero-order valence-electron chi connectivity index (χ0n) is 12.3. The molecule has 0 aliphatic carbocycles. The number of benzene rings is 1. The first kappa shape index (κ1) is 16.5. The first-order valence-electron chi connectivity index (χ1n) is 6.79. The molecule has 2 rings (SSSR count). The lowest BCUT2D eigenvalue weighted by Gasteiger charge is -2.09. The van der Waals surface area contributed by atoms with Gasteiger partial charge in [0, 0.05) is 11.6 Å². The highest BCUT2D eigenvalue weighted by molar-refractivity contribution is 7.92. The Labute approximate surface area is 135 Å². The second-order valence-electron chi connectivity index (χ2n) is 4.75. The molecule has 0 bridgehead atoms. The minimum Gasteiger partial charge on any atom is -0.369 e. The highest BCUT2D eigenvalue weighted by Gasteiger charge is 2.16. The first-order chi connectivity index (χ1) is 10.4. The van der Waals surface area contributed by atoms with Crippen LogP contribution < -0.4 is 10.0 Å². The standard InChI is InChI=1S/C14H17ClN4O2S/c1-3-8-16-13-6-7-14(18-17-13)19-22(20,21)11-4-5-12(15)10(2)9-11/h4-7,9H,3,8H2,1-2H3,(H,16,17)(H,18,19). The van der Waals surface area contributed by atoms with Crippen molar-refractivity contribution in [3.8, 4) is 0 Å². The van der Waals surface area contributed by atoms with Gasteiger partial charge in [0.05, 0.1) is 4.90 Å². The third kappa shape index (κ3) is 4.08. The minimum absolute atomic E-state index is 0.129. The molecule has 0 radical (unpaired) electrons. The third-order valence-corrected chi connectivity index (χ3v) is 4.68. The molecule has 0 aliphatic heterocycles. The van der Waals surface area contributed by atoms with Crippen LogP contribution in [0, 0.1) is 6.92 Å². The van der Waals surface area contributed by atoms with Crippen LogP contribution in [0.4, 0.5) is 11.6 Å². The van der Waals surface area contributed by atoms with Gasteiger partial charge < -0.3 is 5.32 Å². The molecule has 22 heavy (non-hydrogen) atoms. The molecule has 0 spiro atoms. The number of hydrogen-bond acceptors (Lipinski definition) is 5. The van der Waals surface area contributed by atoms with Crippen molar-refractivity contribution in [2.75, 3.05) is 16.6 Å².